The van der Waals surface area contributed by atoms with Crippen molar-refractivity contribution in [1.82, 2.24) is 0 Å². The molecule has 0 saturated carbocycles. The van der Waals surface area contributed by atoms with Crippen molar-refractivity contribution in [2.24, 2.45) is 11.1 Å². The maximum absolute atomic E-state index is 13.3. The molecule has 2 amide bonds. The van der Waals surface area contributed by atoms with Gasteiger partial charge in [0.05, 0.1) is 27.0 Å². The lowest BCUT2D eigenvalue weighted by atomic mass is 9.93. The predicted octanol–water partition coefficient (Wildman–Crippen LogP) is 2.66. The minimum absolute atomic E-state index is 0.255. The van der Waals surface area contributed by atoms with Crippen LogP contribution in [0.15, 0.2) is 41.6 Å². The van der Waals surface area contributed by atoms with Gasteiger partial charge in [0.1, 0.15) is 17.4 Å². The highest BCUT2D eigenvalue weighted by Gasteiger charge is 2.57. The van der Waals surface area contributed by atoms with Crippen molar-refractivity contribution in [3.05, 3.63) is 47.0 Å². The first-order chi connectivity index (χ1) is 14.0. The largest absolute Gasteiger partial charge is 0.495 e. The number of fused-ring (bicyclic) bond motifs is 1. The summed E-state index contributed by atoms with van der Waals surface area (Å²) in [6, 6.07) is 9.90. The number of hydrogen-bond acceptors (Lipinski definition) is 7. The number of hydrogen-bond donors (Lipinski definition) is 0. The lowest BCUT2D eigenvalue weighted by Crippen LogP contribution is -2.33. The van der Waals surface area contributed by atoms with Crippen LogP contribution in [-0.4, -0.2) is 45.0 Å². The normalized spacial score (nSPS) is 20.3. The SMILES string of the molecule is COc1ccc(Cl)cc1N1C(=O)[C@@H]2C(c3cccc(OC)c3OC)=NO[C@@H]2C1=O. The van der Waals surface area contributed by atoms with Crippen LogP contribution in [-0.2, 0) is 14.4 Å². The van der Waals surface area contributed by atoms with Crippen molar-refractivity contribution >= 4 is 34.8 Å². The van der Waals surface area contributed by atoms with Gasteiger partial charge in [-0.05, 0) is 30.3 Å². The Hall–Kier alpha value is -3.26. The standard InChI is InChI=1S/C20H17ClN2O6/c1-26-13-8-7-10(21)9-12(13)23-19(24)15-16(22-29-18(15)20(23)25)11-5-4-6-14(27-2)17(11)28-3/h4-9,15,18H,1-3H3/t15-,18+/m1/s1. The molecule has 2 atom stereocenters. The number of benzene rings is 2. The van der Waals surface area contributed by atoms with E-state index >= 15 is 0 Å². The number of imide groups is 1. The number of anilines is 1. The summed E-state index contributed by atoms with van der Waals surface area (Å²) in [5, 5.41) is 4.38. The quantitative estimate of drug-likeness (QED) is 0.696. The third kappa shape index (κ3) is 2.87. The molecular formula is C20H17ClN2O6. The monoisotopic (exact) mass is 416 g/mol. The van der Waals surface area contributed by atoms with Gasteiger partial charge in [0.2, 0.25) is 12.0 Å². The van der Waals surface area contributed by atoms with Crippen LogP contribution in [0.4, 0.5) is 5.69 Å². The van der Waals surface area contributed by atoms with Crippen molar-refractivity contribution in [2.45, 2.75) is 6.10 Å². The number of rotatable bonds is 5. The summed E-state index contributed by atoms with van der Waals surface area (Å²) in [7, 11) is 4.44. The average molecular weight is 417 g/mol. The Balaban J connectivity index is 1.77. The fourth-order valence-electron chi connectivity index (χ4n) is 3.56. The Labute approximate surface area is 171 Å². The van der Waals surface area contributed by atoms with E-state index in [9.17, 15) is 9.59 Å². The molecule has 1 saturated heterocycles. The minimum Gasteiger partial charge on any atom is -0.495 e. The fourth-order valence-corrected chi connectivity index (χ4v) is 3.73. The number of halogens is 1. The summed E-state index contributed by atoms with van der Waals surface area (Å²) in [6.07, 6.45) is -1.07. The summed E-state index contributed by atoms with van der Waals surface area (Å²) in [5.74, 6) is -0.734. The first-order valence-electron chi connectivity index (χ1n) is 8.68. The molecule has 0 radical (unpaired) electrons. The van der Waals surface area contributed by atoms with Crippen LogP contribution in [0.1, 0.15) is 5.56 Å². The van der Waals surface area contributed by atoms with E-state index in [1.54, 1.807) is 30.3 Å². The summed E-state index contributed by atoms with van der Waals surface area (Å²) < 4.78 is 16.1. The maximum atomic E-state index is 13.3. The van der Waals surface area contributed by atoms with Gasteiger partial charge in [-0.2, -0.15) is 0 Å². The summed E-state index contributed by atoms with van der Waals surface area (Å²) in [6.45, 7) is 0. The lowest BCUT2D eigenvalue weighted by Gasteiger charge is -2.19. The van der Waals surface area contributed by atoms with Crippen molar-refractivity contribution in [3.63, 3.8) is 0 Å². The first-order valence-corrected chi connectivity index (χ1v) is 9.06. The van der Waals surface area contributed by atoms with Crippen LogP contribution < -0.4 is 19.1 Å². The molecular weight excluding hydrogens is 400 g/mol. The first kappa shape index (κ1) is 19.1. The van der Waals surface area contributed by atoms with Gasteiger partial charge >= 0.3 is 0 Å². The minimum atomic E-state index is -1.07. The van der Waals surface area contributed by atoms with E-state index in [0.29, 0.717) is 33.5 Å². The number of amides is 2. The van der Waals surface area contributed by atoms with Crippen LogP contribution in [0.3, 0.4) is 0 Å². The smallest absolute Gasteiger partial charge is 0.279 e. The Bertz CT molecular complexity index is 1040. The highest BCUT2D eigenvalue weighted by molar-refractivity contribution is 6.34. The molecule has 0 aliphatic carbocycles. The molecule has 2 aliphatic heterocycles. The molecule has 2 aromatic rings. The van der Waals surface area contributed by atoms with Crippen LogP contribution >= 0.6 is 11.6 Å². The average Bonchev–Trinajstić information content (AvgIpc) is 3.27. The van der Waals surface area contributed by atoms with E-state index < -0.39 is 23.8 Å². The van der Waals surface area contributed by atoms with Gasteiger partial charge in [-0.3, -0.25) is 9.59 Å². The van der Waals surface area contributed by atoms with E-state index in [1.165, 1.54) is 27.4 Å². The molecule has 9 heteroatoms. The molecule has 2 aromatic carbocycles. The maximum Gasteiger partial charge on any atom is 0.279 e. The molecule has 29 heavy (non-hydrogen) atoms. The second kappa shape index (κ2) is 7.29. The molecule has 8 nitrogen and oxygen atoms in total. The van der Waals surface area contributed by atoms with Crippen LogP contribution in [0.25, 0.3) is 0 Å². The molecule has 150 valence electrons. The van der Waals surface area contributed by atoms with E-state index in [2.05, 4.69) is 5.16 Å². The van der Waals surface area contributed by atoms with Gasteiger partial charge in [0.25, 0.3) is 5.91 Å². The second-order valence-corrected chi connectivity index (χ2v) is 6.79. The highest BCUT2D eigenvalue weighted by Crippen LogP contribution is 2.42. The molecule has 0 unspecified atom stereocenters. The zero-order valence-corrected chi connectivity index (χ0v) is 16.6. The van der Waals surface area contributed by atoms with E-state index in [0.717, 1.165) is 4.90 Å². The third-order valence-electron chi connectivity index (χ3n) is 4.87. The van der Waals surface area contributed by atoms with Crippen molar-refractivity contribution in [2.75, 3.05) is 26.2 Å². The van der Waals surface area contributed by atoms with Gasteiger partial charge in [-0.15, -0.1) is 0 Å². The van der Waals surface area contributed by atoms with Gasteiger partial charge in [-0.25, -0.2) is 4.90 Å². The van der Waals surface area contributed by atoms with E-state index in [4.69, 9.17) is 30.6 Å². The van der Waals surface area contributed by atoms with Crippen LogP contribution in [0, 0.1) is 5.92 Å². The number of nitrogens with zero attached hydrogens (tertiary/aromatic N) is 2. The van der Waals surface area contributed by atoms with Crippen LogP contribution in [0.2, 0.25) is 5.02 Å². The Morgan fingerprint density at radius 2 is 1.76 bits per heavy atom. The molecule has 0 N–H and O–H groups in total. The molecule has 2 heterocycles. The summed E-state index contributed by atoms with van der Waals surface area (Å²) in [5.41, 5.74) is 1.07. The Morgan fingerprint density at radius 3 is 2.45 bits per heavy atom. The fraction of sp³-hybridized carbons (Fsp3) is 0.250. The van der Waals surface area contributed by atoms with Gasteiger partial charge in [0.15, 0.2) is 11.5 Å². The number of ether oxygens (including phenoxy) is 3. The van der Waals surface area contributed by atoms with Crippen molar-refractivity contribution in [1.29, 1.82) is 0 Å². The van der Waals surface area contributed by atoms with Gasteiger partial charge < -0.3 is 19.0 Å². The zero-order chi connectivity index (χ0) is 20.7. The number of carbonyl (C=O) groups is 2. The Kier molecular flexibility index (Phi) is 4.79. The van der Waals surface area contributed by atoms with Crippen molar-refractivity contribution < 1.29 is 28.6 Å². The lowest BCUT2D eigenvalue weighted by molar-refractivity contribution is -0.126. The van der Waals surface area contributed by atoms with Gasteiger partial charge in [0, 0.05) is 10.6 Å². The van der Waals surface area contributed by atoms with Crippen molar-refractivity contribution in [3.8, 4) is 17.2 Å². The Morgan fingerprint density at radius 1 is 1.00 bits per heavy atom. The highest BCUT2D eigenvalue weighted by atomic mass is 35.5. The van der Waals surface area contributed by atoms with E-state index in [1.807, 2.05) is 0 Å². The van der Waals surface area contributed by atoms with Gasteiger partial charge in [-0.1, -0.05) is 22.8 Å². The molecule has 1 fully saturated rings. The molecule has 0 bridgehead atoms. The molecule has 2 aliphatic rings. The third-order valence-corrected chi connectivity index (χ3v) is 5.11. The summed E-state index contributed by atoms with van der Waals surface area (Å²) >= 11 is 6.08. The number of para-hydroxylation sites is 1. The topological polar surface area (TPSA) is 86.7 Å². The number of methoxy groups -OCH3 is 3. The van der Waals surface area contributed by atoms with E-state index in [-0.39, 0.29) is 5.69 Å². The second-order valence-electron chi connectivity index (χ2n) is 6.35. The molecule has 0 spiro atoms. The zero-order valence-electron chi connectivity index (χ0n) is 15.8. The molecule has 0 aromatic heterocycles. The van der Waals surface area contributed by atoms with Crippen LogP contribution in [0.5, 0.6) is 17.2 Å². The predicted molar refractivity (Wildman–Crippen MR) is 105 cm³/mol. The summed E-state index contributed by atoms with van der Waals surface area (Å²) in [4.78, 5) is 32.7. The molecule has 4 rings (SSSR count). The number of carbonyl (C=O) groups excluding carboxylic acids is 2. The number of oxime groups is 1.